The van der Waals surface area contributed by atoms with Crippen LogP contribution in [0, 0.1) is 0 Å². The molecular weight excluding hydrogens is 362 g/mol. The van der Waals surface area contributed by atoms with Crippen molar-refractivity contribution in [3.8, 4) is 0 Å². The van der Waals surface area contributed by atoms with E-state index in [1.807, 2.05) is 30.3 Å². The van der Waals surface area contributed by atoms with Crippen LogP contribution in [-0.4, -0.2) is 49.1 Å². The molecule has 146 valence electrons. The molecule has 0 saturated heterocycles. The molecule has 1 amide bonds. The van der Waals surface area contributed by atoms with Crippen molar-refractivity contribution in [2.75, 3.05) is 33.3 Å². The minimum atomic E-state index is -0.204. The first-order valence-electron chi connectivity index (χ1n) is 9.28. The molecular formula is C21H28ClN3O2. The summed E-state index contributed by atoms with van der Waals surface area (Å²) in [4.78, 5) is 17.8. The Hall–Kier alpha value is -2.24. The van der Waals surface area contributed by atoms with E-state index in [2.05, 4.69) is 29.0 Å². The van der Waals surface area contributed by atoms with E-state index >= 15 is 0 Å². The Kier molecular flexibility index (Phi) is 8.43. The predicted octanol–water partition coefficient (Wildman–Crippen LogP) is 4.21. The van der Waals surface area contributed by atoms with Crippen LogP contribution in [0.2, 0.25) is 5.02 Å². The molecule has 0 aliphatic carbocycles. The van der Waals surface area contributed by atoms with Crippen molar-refractivity contribution < 1.29 is 9.53 Å². The monoisotopic (exact) mass is 389 g/mol. The third-order valence-electron chi connectivity index (χ3n) is 4.40. The third-order valence-corrected chi connectivity index (χ3v) is 4.64. The Labute approximate surface area is 166 Å². The first-order valence-corrected chi connectivity index (χ1v) is 9.66. The zero-order valence-corrected chi connectivity index (χ0v) is 17.0. The molecule has 2 aromatic rings. The van der Waals surface area contributed by atoms with Gasteiger partial charge in [0.1, 0.15) is 0 Å². The summed E-state index contributed by atoms with van der Waals surface area (Å²) >= 11 is 6.01. The summed E-state index contributed by atoms with van der Waals surface area (Å²) in [5.74, 6) is 0.0818. The lowest BCUT2D eigenvalue weighted by molar-refractivity contribution is -0.120. The smallest absolute Gasteiger partial charge is 0.286 e. The van der Waals surface area contributed by atoms with Crippen LogP contribution in [-0.2, 0) is 9.53 Å². The summed E-state index contributed by atoms with van der Waals surface area (Å²) in [5.41, 5.74) is 1.94. The number of H-pyrrole nitrogens is 1. The van der Waals surface area contributed by atoms with Crippen LogP contribution >= 0.6 is 11.6 Å². The fourth-order valence-corrected chi connectivity index (χ4v) is 3.00. The van der Waals surface area contributed by atoms with E-state index in [1.54, 1.807) is 12.2 Å². The van der Waals surface area contributed by atoms with Crippen molar-refractivity contribution >= 4 is 34.5 Å². The summed E-state index contributed by atoms with van der Waals surface area (Å²) in [7, 11) is 1.50. The van der Waals surface area contributed by atoms with Crippen LogP contribution < -0.4 is 5.32 Å². The highest BCUT2D eigenvalue weighted by Gasteiger charge is 2.08. The number of fused-ring (bicyclic) bond motifs is 1. The number of amides is 1. The van der Waals surface area contributed by atoms with Gasteiger partial charge in [-0.25, -0.2) is 0 Å². The van der Waals surface area contributed by atoms with Crippen molar-refractivity contribution in [2.45, 2.75) is 20.3 Å². The highest BCUT2D eigenvalue weighted by Crippen LogP contribution is 2.20. The quantitative estimate of drug-likeness (QED) is 0.277. The summed E-state index contributed by atoms with van der Waals surface area (Å²) < 4.78 is 5.20. The molecule has 5 nitrogen and oxygen atoms in total. The zero-order chi connectivity index (χ0) is 19.6. The number of benzene rings is 1. The molecule has 0 bridgehead atoms. The maximum atomic E-state index is 12.2. The van der Waals surface area contributed by atoms with Crippen LogP contribution in [0.5, 0.6) is 0 Å². The second-order valence-electron chi connectivity index (χ2n) is 6.19. The minimum absolute atomic E-state index is 0.204. The summed E-state index contributed by atoms with van der Waals surface area (Å²) in [6, 6.07) is 7.70. The second kappa shape index (κ2) is 10.8. The molecule has 2 N–H and O–H groups in total. The van der Waals surface area contributed by atoms with E-state index in [4.69, 9.17) is 16.3 Å². The van der Waals surface area contributed by atoms with Crippen molar-refractivity contribution in [1.29, 1.82) is 0 Å². The van der Waals surface area contributed by atoms with Gasteiger partial charge in [0.15, 0.2) is 5.76 Å². The Bertz CT molecular complexity index is 807. The molecule has 6 heteroatoms. The molecule has 0 spiro atoms. The van der Waals surface area contributed by atoms with Crippen LogP contribution in [0.25, 0.3) is 17.0 Å². The van der Waals surface area contributed by atoms with Gasteiger partial charge in [-0.1, -0.05) is 31.5 Å². The summed E-state index contributed by atoms with van der Waals surface area (Å²) in [6.07, 6.45) is 6.26. The standard InChI is InChI=1S/C21H28ClN3O2/c1-4-25(5-2)13-7-12-23-21(26)20(27-3)9-6-8-18-15-16-14-17(22)10-11-19(16)24-18/h6,8-11,14-15,24H,4-5,7,12-13H2,1-3H3,(H,23,26). The maximum Gasteiger partial charge on any atom is 0.286 e. The number of aromatic nitrogens is 1. The van der Waals surface area contributed by atoms with Gasteiger partial charge in [-0.3, -0.25) is 4.79 Å². The predicted molar refractivity (Wildman–Crippen MR) is 113 cm³/mol. The van der Waals surface area contributed by atoms with E-state index in [1.165, 1.54) is 7.11 Å². The Morgan fingerprint density at radius 2 is 2.07 bits per heavy atom. The SMILES string of the molecule is CCN(CC)CCCNC(=O)C(=CC=Cc1cc2cc(Cl)ccc2[nH]1)OC. The molecule has 27 heavy (non-hydrogen) atoms. The number of aromatic amines is 1. The normalized spacial score (nSPS) is 12.3. The molecule has 0 unspecified atom stereocenters. The molecule has 0 radical (unpaired) electrons. The van der Waals surface area contributed by atoms with Crippen LogP contribution in [0.3, 0.4) is 0 Å². The molecule has 0 fully saturated rings. The van der Waals surface area contributed by atoms with Gasteiger partial charge in [0.05, 0.1) is 7.11 Å². The zero-order valence-electron chi connectivity index (χ0n) is 16.2. The molecule has 0 aliphatic rings. The molecule has 1 aromatic carbocycles. The minimum Gasteiger partial charge on any atom is -0.491 e. The van der Waals surface area contributed by atoms with E-state index in [9.17, 15) is 4.79 Å². The number of allylic oxidation sites excluding steroid dienone is 2. The first kappa shape index (κ1) is 21.1. The van der Waals surface area contributed by atoms with Crippen LogP contribution in [0.15, 0.2) is 42.2 Å². The van der Waals surface area contributed by atoms with Gasteiger partial charge in [0.2, 0.25) is 0 Å². The number of rotatable bonds is 10. The van der Waals surface area contributed by atoms with Gasteiger partial charge in [-0.2, -0.15) is 0 Å². The topological polar surface area (TPSA) is 57.4 Å². The Balaban J connectivity index is 1.89. The number of hydrogen-bond acceptors (Lipinski definition) is 3. The largest absolute Gasteiger partial charge is 0.491 e. The molecule has 0 saturated carbocycles. The fraction of sp³-hybridized carbons (Fsp3) is 0.381. The van der Waals surface area contributed by atoms with E-state index in [0.29, 0.717) is 11.6 Å². The van der Waals surface area contributed by atoms with Gasteiger partial charge in [-0.05, 0) is 62.5 Å². The highest BCUT2D eigenvalue weighted by molar-refractivity contribution is 6.31. The second-order valence-corrected chi connectivity index (χ2v) is 6.62. The van der Waals surface area contributed by atoms with Crippen molar-refractivity contribution in [2.24, 2.45) is 0 Å². The van der Waals surface area contributed by atoms with Crippen molar-refractivity contribution in [1.82, 2.24) is 15.2 Å². The number of carbonyl (C=O) groups is 1. The average molecular weight is 390 g/mol. The average Bonchev–Trinajstić information content (AvgIpc) is 3.07. The number of nitrogens with one attached hydrogen (secondary N) is 2. The highest BCUT2D eigenvalue weighted by atomic mass is 35.5. The fourth-order valence-electron chi connectivity index (χ4n) is 2.82. The lowest BCUT2D eigenvalue weighted by Crippen LogP contribution is -2.30. The van der Waals surface area contributed by atoms with E-state index in [-0.39, 0.29) is 11.7 Å². The van der Waals surface area contributed by atoms with Crippen LogP contribution in [0.4, 0.5) is 0 Å². The number of methoxy groups -OCH3 is 1. The van der Waals surface area contributed by atoms with E-state index < -0.39 is 0 Å². The summed E-state index contributed by atoms with van der Waals surface area (Å²) in [5, 5.41) is 4.65. The number of carbonyl (C=O) groups excluding carboxylic acids is 1. The number of halogens is 1. The van der Waals surface area contributed by atoms with Gasteiger partial charge in [-0.15, -0.1) is 0 Å². The lowest BCUT2D eigenvalue weighted by atomic mass is 10.2. The molecule has 1 heterocycles. The Morgan fingerprint density at radius 1 is 1.30 bits per heavy atom. The van der Waals surface area contributed by atoms with Gasteiger partial charge >= 0.3 is 0 Å². The van der Waals surface area contributed by atoms with E-state index in [0.717, 1.165) is 42.7 Å². The Morgan fingerprint density at radius 3 is 2.78 bits per heavy atom. The van der Waals surface area contributed by atoms with Gasteiger partial charge < -0.3 is 19.9 Å². The van der Waals surface area contributed by atoms with Crippen molar-refractivity contribution in [3.05, 3.63) is 52.9 Å². The van der Waals surface area contributed by atoms with Gasteiger partial charge in [0, 0.05) is 28.2 Å². The molecule has 0 aliphatic heterocycles. The molecule has 2 rings (SSSR count). The first-order chi connectivity index (χ1) is 13.1. The third kappa shape index (κ3) is 6.45. The molecule has 0 atom stereocenters. The van der Waals surface area contributed by atoms with Crippen LogP contribution in [0.1, 0.15) is 26.0 Å². The maximum absolute atomic E-state index is 12.2. The summed E-state index contributed by atoms with van der Waals surface area (Å²) in [6.45, 7) is 7.94. The number of nitrogens with zero attached hydrogens (tertiary/aromatic N) is 1. The number of ether oxygens (including phenoxy) is 1. The lowest BCUT2D eigenvalue weighted by Gasteiger charge is -2.17. The van der Waals surface area contributed by atoms with Crippen molar-refractivity contribution in [3.63, 3.8) is 0 Å². The number of hydrogen-bond donors (Lipinski definition) is 2. The molecule has 1 aromatic heterocycles. The van der Waals surface area contributed by atoms with Gasteiger partial charge in [0.25, 0.3) is 5.91 Å².